The number of ether oxygens (including phenoxy) is 1. The molecule has 0 atom stereocenters. The van der Waals surface area contributed by atoms with Crippen LogP contribution in [0.15, 0.2) is 60.2 Å². The summed E-state index contributed by atoms with van der Waals surface area (Å²) in [6.07, 6.45) is 1.69. The van der Waals surface area contributed by atoms with Gasteiger partial charge in [0, 0.05) is 16.1 Å². The molecule has 0 bridgehead atoms. The number of thiazole rings is 1. The third-order valence-electron chi connectivity index (χ3n) is 3.88. The van der Waals surface area contributed by atoms with Crippen molar-refractivity contribution in [3.05, 3.63) is 76.0 Å². The number of tetrazole rings is 1. The second-order valence-corrected chi connectivity index (χ2v) is 7.38. The third-order valence-corrected chi connectivity index (χ3v) is 5.00. The molecule has 10 heteroatoms. The van der Waals surface area contributed by atoms with Crippen LogP contribution in [0.1, 0.15) is 10.7 Å². The van der Waals surface area contributed by atoms with E-state index in [1.54, 1.807) is 36.4 Å². The number of hydrogen-bond donors (Lipinski definition) is 1. The molecular weight excluding hydrogens is 412 g/mol. The maximum absolute atomic E-state index is 12.3. The molecule has 0 radical (unpaired) electrons. The fraction of sp³-hybridized carbons (Fsp3) is 0.105. The predicted octanol–water partition coefficient (Wildman–Crippen LogP) is 3.53. The molecule has 0 spiro atoms. The summed E-state index contributed by atoms with van der Waals surface area (Å²) in [6, 6.07) is 14.4. The minimum Gasteiger partial charge on any atom is -0.486 e. The minimum atomic E-state index is -0.143. The number of benzene rings is 2. The molecule has 4 rings (SSSR count). The summed E-state index contributed by atoms with van der Waals surface area (Å²) in [6.45, 7) is 0.340. The molecule has 29 heavy (non-hydrogen) atoms. The SMILES string of the molecule is O=C(Cc1csc(COc2ccc(Cl)cc2)n1)Nc1ccc(-n2cnnn2)cc1. The lowest BCUT2D eigenvalue weighted by Crippen LogP contribution is -2.14. The second kappa shape index (κ2) is 8.80. The molecule has 8 nitrogen and oxygen atoms in total. The third kappa shape index (κ3) is 5.15. The lowest BCUT2D eigenvalue weighted by Gasteiger charge is -2.05. The highest BCUT2D eigenvalue weighted by Gasteiger charge is 2.09. The number of carbonyl (C=O) groups excluding carboxylic acids is 1. The van der Waals surface area contributed by atoms with Crippen LogP contribution in [0, 0.1) is 0 Å². The maximum Gasteiger partial charge on any atom is 0.230 e. The molecule has 0 fully saturated rings. The number of amides is 1. The van der Waals surface area contributed by atoms with Crippen LogP contribution in [-0.4, -0.2) is 31.1 Å². The fourth-order valence-corrected chi connectivity index (χ4v) is 3.35. The van der Waals surface area contributed by atoms with Gasteiger partial charge in [-0.15, -0.1) is 16.4 Å². The molecule has 2 aromatic heterocycles. The lowest BCUT2D eigenvalue weighted by atomic mass is 10.2. The summed E-state index contributed by atoms with van der Waals surface area (Å²) in [5.41, 5.74) is 2.19. The average molecular weight is 427 g/mol. The first kappa shape index (κ1) is 19.0. The summed E-state index contributed by atoms with van der Waals surface area (Å²) in [5.74, 6) is 0.574. The molecule has 2 aromatic carbocycles. The van der Waals surface area contributed by atoms with E-state index >= 15 is 0 Å². The Morgan fingerprint density at radius 3 is 2.66 bits per heavy atom. The van der Waals surface area contributed by atoms with Crippen molar-refractivity contribution in [2.45, 2.75) is 13.0 Å². The minimum absolute atomic E-state index is 0.143. The van der Waals surface area contributed by atoms with Crippen molar-refractivity contribution >= 4 is 34.5 Å². The molecular formula is C19H15ClN6O2S. The van der Waals surface area contributed by atoms with Crippen molar-refractivity contribution in [1.29, 1.82) is 0 Å². The van der Waals surface area contributed by atoms with Crippen LogP contribution in [0.2, 0.25) is 5.02 Å². The molecule has 1 amide bonds. The molecule has 4 aromatic rings. The van der Waals surface area contributed by atoms with Gasteiger partial charge in [0.2, 0.25) is 5.91 Å². The Bertz CT molecular complexity index is 1080. The normalized spacial score (nSPS) is 10.7. The van der Waals surface area contributed by atoms with Crippen molar-refractivity contribution in [2.24, 2.45) is 0 Å². The lowest BCUT2D eigenvalue weighted by molar-refractivity contribution is -0.115. The highest BCUT2D eigenvalue weighted by atomic mass is 35.5. The van der Waals surface area contributed by atoms with E-state index in [1.807, 2.05) is 17.5 Å². The second-order valence-electron chi connectivity index (χ2n) is 6.00. The van der Waals surface area contributed by atoms with Crippen LogP contribution in [-0.2, 0) is 17.8 Å². The highest BCUT2D eigenvalue weighted by molar-refractivity contribution is 7.09. The van der Waals surface area contributed by atoms with E-state index in [0.717, 1.165) is 10.7 Å². The topological polar surface area (TPSA) is 94.8 Å². The van der Waals surface area contributed by atoms with Gasteiger partial charge in [0.05, 0.1) is 17.8 Å². The Morgan fingerprint density at radius 2 is 1.93 bits per heavy atom. The van der Waals surface area contributed by atoms with Gasteiger partial charge in [-0.2, -0.15) is 0 Å². The van der Waals surface area contributed by atoms with Crippen LogP contribution < -0.4 is 10.1 Å². The Balaban J connectivity index is 1.29. The first-order valence-electron chi connectivity index (χ1n) is 8.61. The van der Waals surface area contributed by atoms with E-state index < -0.39 is 0 Å². The summed E-state index contributed by atoms with van der Waals surface area (Å²) in [5, 5.41) is 17.2. The van der Waals surface area contributed by atoms with E-state index in [-0.39, 0.29) is 12.3 Å². The van der Waals surface area contributed by atoms with Gasteiger partial charge in [0.15, 0.2) is 0 Å². The van der Waals surface area contributed by atoms with Crippen molar-refractivity contribution < 1.29 is 9.53 Å². The smallest absolute Gasteiger partial charge is 0.230 e. The number of nitrogens with one attached hydrogen (secondary N) is 1. The zero-order chi connectivity index (χ0) is 20.1. The summed E-state index contributed by atoms with van der Waals surface area (Å²) < 4.78 is 7.21. The quantitative estimate of drug-likeness (QED) is 0.485. The molecule has 2 heterocycles. The number of nitrogens with zero attached hydrogens (tertiary/aromatic N) is 5. The van der Waals surface area contributed by atoms with E-state index in [4.69, 9.17) is 16.3 Å². The summed E-state index contributed by atoms with van der Waals surface area (Å²) in [4.78, 5) is 16.7. The van der Waals surface area contributed by atoms with Gasteiger partial charge in [-0.05, 0) is 59.0 Å². The van der Waals surface area contributed by atoms with Crippen LogP contribution in [0.25, 0.3) is 5.69 Å². The van der Waals surface area contributed by atoms with Crippen LogP contribution in [0.5, 0.6) is 5.75 Å². The predicted molar refractivity (Wildman–Crippen MR) is 109 cm³/mol. The molecule has 0 aliphatic carbocycles. The summed E-state index contributed by atoms with van der Waals surface area (Å²) >= 11 is 7.31. The first-order valence-corrected chi connectivity index (χ1v) is 9.86. The number of anilines is 1. The van der Waals surface area contributed by atoms with Gasteiger partial charge in [0.1, 0.15) is 23.7 Å². The van der Waals surface area contributed by atoms with Gasteiger partial charge in [-0.25, -0.2) is 9.67 Å². The Labute approximate surface area is 175 Å². The zero-order valence-electron chi connectivity index (χ0n) is 15.0. The Hall–Kier alpha value is -3.30. The van der Waals surface area contributed by atoms with Crippen LogP contribution in [0.3, 0.4) is 0 Å². The van der Waals surface area contributed by atoms with Crippen molar-refractivity contribution in [1.82, 2.24) is 25.2 Å². The zero-order valence-corrected chi connectivity index (χ0v) is 16.6. The van der Waals surface area contributed by atoms with Gasteiger partial charge < -0.3 is 10.1 Å². The van der Waals surface area contributed by atoms with Crippen molar-refractivity contribution in [3.8, 4) is 11.4 Å². The number of aromatic nitrogens is 5. The highest BCUT2D eigenvalue weighted by Crippen LogP contribution is 2.19. The van der Waals surface area contributed by atoms with Crippen LogP contribution in [0.4, 0.5) is 5.69 Å². The molecule has 146 valence electrons. The molecule has 0 unspecified atom stereocenters. The maximum atomic E-state index is 12.3. The number of hydrogen-bond acceptors (Lipinski definition) is 7. The molecule has 0 aliphatic rings. The van der Waals surface area contributed by atoms with Gasteiger partial charge in [-0.1, -0.05) is 11.6 Å². The van der Waals surface area contributed by atoms with E-state index in [9.17, 15) is 4.79 Å². The van der Waals surface area contributed by atoms with E-state index in [1.165, 1.54) is 22.3 Å². The molecule has 0 saturated heterocycles. The van der Waals surface area contributed by atoms with E-state index in [0.29, 0.717) is 28.8 Å². The largest absolute Gasteiger partial charge is 0.486 e. The molecule has 1 N–H and O–H groups in total. The molecule has 0 aliphatic heterocycles. The Morgan fingerprint density at radius 1 is 1.14 bits per heavy atom. The van der Waals surface area contributed by atoms with Crippen LogP contribution >= 0.6 is 22.9 Å². The monoisotopic (exact) mass is 426 g/mol. The average Bonchev–Trinajstić information content (AvgIpc) is 3.40. The van der Waals surface area contributed by atoms with Gasteiger partial charge in [-0.3, -0.25) is 4.79 Å². The standard InChI is InChI=1S/C19H15ClN6O2S/c20-13-1-7-17(8-2-13)28-10-19-23-15(11-29-19)9-18(27)22-14-3-5-16(6-4-14)26-12-21-24-25-26/h1-8,11-12H,9-10H2,(H,22,27). The number of halogens is 1. The fourth-order valence-electron chi connectivity index (χ4n) is 2.52. The van der Waals surface area contributed by atoms with Crippen molar-refractivity contribution in [3.63, 3.8) is 0 Å². The number of carbonyl (C=O) groups is 1. The van der Waals surface area contributed by atoms with Gasteiger partial charge >= 0.3 is 0 Å². The molecule has 0 saturated carbocycles. The first-order chi connectivity index (χ1) is 14.2. The van der Waals surface area contributed by atoms with Crippen molar-refractivity contribution in [2.75, 3.05) is 5.32 Å². The van der Waals surface area contributed by atoms with Gasteiger partial charge in [0.25, 0.3) is 0 Å². The van der Waals surface area contributed by atoms with E-state index in [2.05, 4.69) is 25.8 Å². The Kier molecular flexibility index (Phi) is 5.78. The number of rotatable bonds is 7. The summed E-state index contributed by atoms with van der Waals surface area (Å²) in [7, 11) is 0.